The van der Waals surface area contributed by atoms with Crippen LogP contribution in [0.1, 0.15) is 6.92 Å². The minimum absolute atomic E-state index is 0.0637. The van der Waals surface area contributed by atoms with E-state index in [-0.39, 0.29) is 11.5 Å². The number of benzene rings is 1. The summed E-state index contributed by atoms with van der Waals surface area (Å²) in [6.45, 7) is 5.53. The first-order valence-electron chi connectivity index (χ1n) is 4.47. The largest absolute Gasteiger partial charge is 0.504 e. The van der Waals surface area contributed by atoms with Gasteiger partial charge in [0.25, 0.3) is 0 Å². The van der Waals surface area contributed by atoms with Crippen LogP contribution in [0.5, 0.6) is 17.2 Å². The standard InChI is InChI=1S/C11H12O4/c1-3-11(13)15-8-5-6-10(14-4-2)9(12)7-8/h3,5-7,12H,1,4H2,2H3. The van der Waals surface area contributed by atoms with E-state index in [2.05, 4.69) is 6.58 Å². The van der Waals surface area contributed by atoms with E-state index in [1.807, 2.05) is 6.92 Å². The lowest BCUT2D eigenvalue weighted by molar-refractivity contribution is -0.128. The van der Waals surface area contributed by atoms with Crippen LogP contribution in [0, 0.1) is 0 Å². The van der Waals surface area contributed by atoms with Crippen LogP contribution >= 0.6 is 0 Å². The Labute approximate surface area is 87.7 Å². The maximum absolute atomic E-state index is 10.8. The molecular weight excluding hydrogens is 196 g/mol. The second kappa shape index (κ2) is 5.05. The van der Waals surface area contributed by atoms with Gasteiger partial charge >= 0.3 is 5.97 Å². The first kappa shape index (κ1) is 11.1. The first-order valence-corrected chi connectivity index (χ1v) is 4.47. The third-order valence-corrected chi connectivity index (χ3v) is 1.62. The van der Waals surface area contributed by atoms with E-state index in [9.17, 15) is 9.90 Å². The minimum atomic E-state index is -0.571. The van der Waals surface area contributed by atoms with E-state index >= 15 is 0 Å². The molecule has 0 spiro atoms. The van der Waals surface area contributed by atoms with E-state index in [1.54, 1.807) is 0 Å². The van der Waals surface area contributed by atoms with E-state index in [4.69, 9.17) is 9.47 Å². The lowest BCUT2D eigenvalue weighted by Crippen LogP contribution is -2.03. The molecule has 1 aromatic carbocycles. The van der Waals surface area contributed by atoms with Crippen molar-refractivity contribution in [3.63, 3.8) is 0 Å². The number of aromatic hydroxyl groups is 1. The van der Waals surface area contributed by atoms with Gasteiger partial charge in [-0.15, -0.1) is 0 Å². The number of rotatable bonds is 4. The molecule has 80 valence electrons. The second-order valence-electron chi connectivity index (χ2n) is 2.69. The minimum Gasteiger partial charge on any atom is -0.504 e. The van der Waals surface area contributed by atoms with Gasteiger partial charge in [-0.2, -0.15) is 0 Å². The van der Waals surface area contributed by atoms with Crippen LogP contribution in [0.3, 0.4) is 0 Å². The average molecular weight is 208 g/mol. The summed E-state index contributed by atoms with van der Waals surface area (Å²) < 4.78 is 9.92. The van der Waals surface area contributed by atoms with Crippen LogP contribution < -0.4 is 9.47 Å². The normalized spacial score (nSPS) is 9.40. The number of hydrogen-bond donors (Lipinski definition) is 1. The Bertz CT molecular complexity index is 371. The van der Waals surface area contributed by atoms with Crippen molar-refractivity contribution in [2.45, 2.75) is 6.92 Å². The molecule has 1 rings (SSSR count). The van der Waals surface area contributed by atoms with Gasteiger partial charge in [0, 0.05) is 12.1 Å². The Kier molecular flexibility index (Phi) is 3.74. The Balaban J connectivity index is 2.81. The fraction of sp³-hybridized carbons (Fsp3) is 0.182. The Morgan fingerprint density at radius 3 is 2.87 bits per heavy atom. The van der Waals surface area contributed by atoms with Crippen LogP contribution in [0.25, 0.3) is 0 Å². The van der Waals surface area contributed by atoms with Crippen LogP contribution in [0.2, 0.25) is 0 Å². The summed E-state index contributed by atoms with van der Waals surface area (Å²) in [7, 11) is 0. The van der Waals surface area contributed by atoms with Gasteiger partial charge in [-0.1, -0.05) is 6.58 Å². The van der Waals surface area contributed by atoms with Crippen LogP contribution in [0.15, 0.2) is 30.9 Å². The topological polar surface area (TPSA) is 55.8 Å². The number of hydrogen-bond acceptors (Lipinski definition) is 4. The molecule has 4 nitrogen and oxygen atoms in total. The maximum Gasteiger partial charge on any atom is 0.335 e. The Morgan fingerprint density at radius 1 is 1.60 bits per heavy atom. The van der Waals surface area contributed by atoms with Gasteiger partial charge in [-0.25, -0.2) is 4.79 Å². The zero-order chi connectivity index (χ0) is 11.3. The molecule has 0 saturated heterocycles. The third kappa shape index (κ3) is 3.02. The number of carbonyl (C=O) groups excluding carboxylic acids is 1. The smallest absolute Gasteiger partial charge is 0.335 e. The highest BCUT2D eigenvalue weighted by Gasteiger charge is 2.05. The van der Waals surface area contributed by atoms with Gasteiger partial charge in [-0.05, 0) is 19.1 Å². The van der Waals surface area contributed by atoms with Crippen molar-refractivity contribution in [3.05, 3.63) is 30.9 Å². The molecule has 0 unspecified atom stereocenters. The molecule has 0 radical (unpaired) electrons. The molecule has 0 aliphatic heterocycles. The monoisotopic (exact) mass is 208 g/mol. The van der Waals surface area contributed by atoms with Gasteiger partial charge in [0.2, 0.25) is 0 Å². The maximum atomic E-state index is 10.8. The molecule has 0 bridgehead atoms. The lowest BCUT2D eigenvalue weighted by atomic mass is 10.3. The molecule has 0 atom stereocenters. The molecule has 4 heteroatoms. The van der Waals surface area contributed by atoms with Gasteiger partial charge in [-0.3, -0.25) is 0 Å². The highest BCUT2D eigenvalue weighted by Crippen LogP contribution is 2.30. The zero-order valence-corrected chi connectivity index (χ0v) is 8.40. The van der Waals surface area contributed by atoms with E-state index in [0.717, 1.165) is 6.08 Å². The van der Waals surface area contributed by atoms with E-state index in [0.29, 0.717) is 12.4 Å². The molecule has 15 heavy (non-hydrogen) atoms. The predicted octanol–water partition coefficient (Wildman–Crippen LogP) is 1.88. The van der Waals surface area contributed by atoms with Crippen molar-refractivity contribution in [2.24, 2.45) is 0 Å². The van der Waals surface area contributed by atoms with Crippen molar-refractivity contribution in [3.8, 4) is 17.2 Å². The van der Waals surface area contributed by atoms with Gasteiger partial charge in [0.05, 0.1) is 6.61 Å². The summed E-state index contributed by atoms with van der Waals surface area (Å²) in [4.78, 5) is 10.8. The van der Waals surface area contributed by atoms with Gasteiger partial charge in [0.1, 0.15) is 5.75 Å². The molecule has 0 aliphatic carbocycles. The number of phenols is 1. The van der Waals surface area contributed by atoms with Crippen molar-refractivity contribution in [1.29, 1.82) is 0 Å². The van der Waals surface area contributed by atoms with Crippen molar-refractivity contribution in [1.82, 2.24) is 0 Å². The van der Waals surface area contributed by atoms with E-state index < -0.39 is 5.97 Å². The van der Waals surface area contributed by atoms with Crippen LogP contribution in [-0.2, 0) is 4.79 Å². The van der Waals surface area contributed by atoms with Gasteiger partial charge < -0.3 is 14.6 Å². The quantitative estimate of drug-likeness (QED) is 0.466. The zero-order valence-electron chi connectivity index (χ0n) is 8.40. The third-order valence-electron chi connectivity index (χ3n) is 1.62. The van der Waals surface area contributed by atoms with E-state index in [1.165, 1.54) is 18.2 Å². The first-order chi connectivity index (χ1) is 7.17. The number of ether oxygens (including phenoxy) is 2. The van der Waals surface area contributed by atoms with Crippen LogP contribution in [0.4, 0.5) is 0 Å². The second-order valence-corrected chi connectivity index (χ2v) is 2.69. The van der Waals surface area contributed by atoms with Crippen molar-refractivity contribution >= 4 is 5.97 Å². The molecule has 0 heterocycles. The Morgan fingerprint density at radius 2 is 2.33 bits per heavy atom. The molecular formula is C11H12O4. The molecule has 0 aromatic heterocycles. The number of esters is 1. The molecule has 0 aliphatic rings. The summed E-state index contributed by atoms with van der Waals surface area (Å²) in [6.07, 6.45) is 1.05. The number of carbonyl (C=O) groups is 1. The SMILES string of the molecule is C=CC(=O)Oc1ccc(OCC)c(O)c1. The molecule has 0 saturated carbocycles. The average Bonchev–Trinajstić information content (AvgIpc) is 2.22. The Hall–Kier alpha value is -1.97. The summed E-state index contributed by atoms with van der Waals surface area (Å²) in [5.74, 6) is -0.0264. The molecule has 0 amide bonds. The van der Waals surface area contributed by atoms with Crippen molar-refractivity contribution in [2.75, 3.05) is 6.61 Å². The number of phenolic OH excluding ortho intramolecular Hbond substituents is 1. The summed E-state index contributed by atoms with van der Waals surface area (Å²) >= 11 is 0. The molecule has 1 aromatic rings. The van der Waals surface area contributed by atoms with Crippen molar-refractivity contribution < 1.29 is 19.4 Å². The lowest BCUT2D eigenvalue weighted by Gasteiger charge is -2.07. The fourth-order valence-electron chi connectivity index (χ4n) is 0.996. The highest BCUT2D eigenvalue weighted by atomic mass is 16.5. The summed E-state index contributed by atoms with van der Waals surface area (Å²) in [6, 6.07) is 4.38. The molecule has 0 fully saturated rings. The fourth-order valence-corrected chi connectivity index (χ4v) is 0.996. The highest BCUT2D eigenvalue weighted by molar-refractivity contribution is 5.83. The summed E-state index contributed by atoms with van der Waals surface area (Å²) in [5.41, 5.74) is 0. The predicted molar refractivity (Wildman–Crippen MR) is 55.1 cm³/mol. The van der Waals surface area contributed by atoms with Crippen LogP contribution in [-0.4, -0.2) is 17.7 Å². The van der Waals surface area contributed by atoms with Gasteiger partial charge in [0.15, 0.2) is 11.5 Å². The summed E-state index contributed by atoms with van der Waals surface area (Å²) in [5, 5.41) is 9.47. The molecule has 1 N–H and O–H groups in total.